The number of anilines is 2. The molecular formula is C23H22N2O4. The summed E-state index contributed by atoms with van der Waals surface area (Å²) in [6.45, 7) is 1.79. The first-order valence-corrected chi connectivity index (χ1v) is 9.09. The maximum atomic E-state index is 12.4. The van der Waals surface area contributed by atoms with Gasteiger partial charge in [-0.15, -0.1) is 0 Å². The molecule has 0 saturated carbocycles. The van der Waals surface area contributed by atoms with E-state index in [9.17, 15) is 9.59 Å². The summed E-state index contributed by atoms with van der Waals surface area (Å²) in [5.74, 6) is 0.655. The average molecular weight is 390 g/mol. The standard InChI is InChI=1S/C23H22N2O4/c1-16-6-3-4-9-21(16)25-23(27)17-10-12-19(13-11-17)29-15-22(26)24-18-7-5-8-20(14-18)28-2/h3-14H,15H2,1-2H3,(H,24,26)(H,25,27). The van der Waals surface area contributed by atoms with Gasteiger partial charge in [0.1, 0.15) is 11.5 Å². The van der Waals surface area contributed by atoms with Gasteiger partial charge in [-0.1, -0.05) is 24.3 Å². The molecule has 6 heteroatoms. The van der Waals surface area contributed by atoms with Gasteiger partial charge in [0.2, 0.25) is 0 Å². The van der Waals surface area contributed by atoms with E-state index in [1.807, 2.05) is 31.2 Å². The summed E-state index contributed by atoms with van der Waals surface area (Å²) in [5, 5.41) is 5.62. The molecular weight excluding hydrogens is 368 g/mol. The van der Waals surface area contributed by atoms with E-state index >= 15 is 0 Å². The zero-order valence-electron chi connectivity index (χ0n) is 16.3. The second kappa shape index (κ2) is 9.41. The molecule has 3 rings (SSSR count). The van der Waals surface area contributed by atoms with E-state index in [-0.39, 0.29) is 18.4 Å². The lowest BCUT2D eigenvalue weighted by Crippen LogP contribution is -2.20. The molecule has 0 saturated heterocycles. The van der Waals surface area contributed by atoms with Crippen molar-refractivity contribution in [2.24, 2.45) is 0 Å². The Hall–Kier alpha value is -3.80. The number of rotatable bonds is 7. The highest BCUT2D eigenvalue weighted by Crippen LogP contribution is 2.18. The molecule has 2 amide bonds. The van der Waals surface area contributed by atoms with Gasteiger partial charge in [0.25, 0.3) is 11.8 Å². The van der Waals surface area contributed by atoms with Crippen molar-refractivity contribution in [2.45, 2.75) is 6.92 Å². The van der Waals surface area contributed by atoms with Gasteiger partial charge in [-0.3, -0.25) is 9.59 Å². The fourth-order valence-corrected chi connectivity index (χ4v) is 2.66. The first kappa shape index (κ1) is 19.9. The Morgan fingerprint density at radius 2 is 1.62 bits per heavy atom. The van der Waals surface area contributed by atoms with Gasteiger partial charge >= 0.3 is 0 Å². The van der Waals surface area contributed by atoms with Gasteiger partial charge in [0.05, 0.1) is 7.11 Å². The third-order valence-electron chi connectivity index (χ3n) is 4.23. The van der Waals surface area contributed by atoms with E-state index in [4.69, 9.17) is 9.47 Å². The molecule has 0 aliphatic heterocycles. The van der Waals surface area contributed by atoms with Crippen molar-refractivity contribution in [2.75, 3.05) is 24.4 Å². The molecule has 0 bridgehead atoms. The largest absolute Gasteiger partial charge is 0.497 e. The van der Waals surface area contributed by atoms with Crippen LogP contribution in [0.15, 0.2) is 72.8 Å². The van der Waals surface area contributed by atoms with Gasteiger partial charge in [-0.2, -0.15) is 0 Å². The summed E-state index contributed by atoms with van der Waals surface area (Å²) in [4.78, 5) is 24.4. The topological polar surface area (TPSA) is 76.7 Å². The molecule has 3 aromatic rings. The Kier molecular flexibility index (Phi) is 6.47. The van der Waals surface area contributed by atoms with E-state index in [0.717, 1.165) is 11.3 Å². The van der Waals surface area contributed by atoms with Crippen LogP contribution in [-0.4, -0.2) is 25.5 Å². The smallest absolute Gasteiger partial charge is 0.262 e. The third-order valence-corrected chi connectivity index (χ3v) is 4.23. The maximum Gasteiger partial charge on any atom is 0.262 e. The predicted molar refractivity (Wildman–Crippen MR) is 113 cm³/mol. The third kappa shape index (κ3) is 5.59. The lowest BCUT2D eigenvalue weighted by atomic mass is 10.1. The number of benzene rings is 3. The van der Waals surface area contributed by atoms with Gasteiger partial charge in [-0.05, 0) is 55.0 Å². The first-order chi connectivity index (χ1) is 14.0. The Bertz CT molecular complexity index is 1000. The quantitative estimate of drug-likeness (QED) is 0.632. The van der Waals surface area contributed by atoms with E-state index in [0.29, 0.717) is 22.7 Å². The number of hydrogen-bond donors (Lipinski definition) is 2. The average Bonchev–Trinajstić information content (AvgIpc) is 2.74. The van der Waals surface area contributed by atoms with Crippen molar-refractivity contribution < 1.29 is 19.1 Å². The monoisotopic (exact) mass is 390 g/mol. The van der Waals surface area contributed by atoms with E-state index in [1.165, 1.54) is 0 Å². The number of nitrogens with one attached hydrogen (secondary N) is 2. The summed E-state index contributed by atoms with van der Waals surface area (Å²) in [5.41, 5.74) is 2.89. The summed E-state index contributed by atoms with van der Waals surface area (Å²) in [7, 11) is 1.56. The van der Waals surface area contributed by atoms with Crippen LogP contribution >= 0.6 is 0 Å². The molecule has 0 aromatic heterocycles. The molecule has 0 spiro atoms. The van der Waals surface area contributed by atoms with Gasteiger partial charge in [0, 0.05) is 23.0 Å². The Labute approximate surface area is 169 Å². The van der Waals surface area contributed by atoms with Crippen LogP contribution in [0.1, 0.15) is 15.9 Å². The lowest BCUT2D eigenvalue weighted by molar-refractivity contribution is -0.118. The van der Waals surface area contributed by atoms with Crippen LogP contribution in [0.3, 0.4) is 0 Å². The SMILES string of the molecule is COc1cccc(NC(=O)COc2ccc(C(=O)Nc3ccccc3C)cc2)c1. The molecule has 0 aliphatic rings. The van der Waals surface area contributed by atoms with Crippen LogP contribution in [-0.2, 0) is 4.79 Å². The molecule has 0 fully saturated rings. The fraction of sp³-hybridized carbons (Fsp3) is 0.130. The molecule has 3 aromatic carbocycles. The molecule has 6 nitrogen and oxygen atoms in total. The number of amides is 2. The number of aryl methyl sites for hydroxylation is 1. The van der Waals surface area contributed by atoms with Gasteiger partial charge < -0.3 is 20.1 Å². The second-order valence-corrected chi connectivity index (χ2v) is 6.36. The summed E-state index contributed by atoms with van der Waals surface area (Å²) in [6.07, 6.45) is 0. The minimum Gasteiger partial charge on any atom is -0.497 e. The number of carbonyl (C=O) groups is 2. The first-order valence-electron chi connectivity index (χ1n) is 9.09. The zero-order chi connectivity index (χ0) is 20.6. The predicted octanol–water partition coefficient (Wildman–Crippen LogP) is 4.27. The Balaban J connectivity index is 1.53. The molecule has 29 heavy (non-hydrogen) atoms. The zero-order valence-corrected chi connectivity index (χ0v) is 16.3. The van der Waals surface area contributed by atoms with Crippen molar-refractivity contribution in [3.05, 3.63) is 83.9 Å². The normalized spacial score (nSPS) is 10.1. The van der Waals surface area contributed by atoms with Gasteiger partial charge in [-0.25, -0.2) is 0 Å². The highest BCUT2D eigenvalue weighted by atomic mass is 16.5. The number of methoxy groups -OCH3 is 1. The molecule has 0 radical (unpaired) electrons. The molecule has 0 heterocycles. The molecule has 148 valence electrons. The van der Waals surface area contributed by atoms with Crippen LogP contribution in [0.25, 0.3) is 0 Å². The highest BCUT2D eigenvalue weighted by molar-refractivity contribution is 6.04. The molecule has 0 atom stereocenters. The lowest BCUT2D eigenvalue weighted by Gasteiger charge is -2.10. The second-order valence-electron chi connectivity index (χ2n) is 6.36. The minimum absolute atomic E-state index is 0.147. The van der Waals surface area contributed by atoms with Crippen LogP contribution in [0.4, 0.5) is 11.4 Å². The summed E-state index contributed by atoms with van der Waals surface area (Å²) in [6, 6.07) is 21.3. The Morgan fingerprint density at radius 1 is 0.862 bits per heavy atom. The fourth-order valence-electron chi connectivity index (χ4n) is 2.66. The van der Waals surface area contributed by atoms with E-state index in [1.54, 1.807) is 55.6 Å². The number of ether oxygens (including phenoxy) is 2. The van der Waals surface area contributed by atoms with Crippen LogP contribution in [0.5, 0.6) is 11.5 Å². The molecule has 2 N–H and O–H groups in total. The van der Waals surface area contributed by atoms with Crippen molar-refractivity contribution in [3.8, 4) is 11.5 Å². The summed E-state index contributed by atoms with van der Waals surface area (Å²) < 4.78 is 10.6. The highest BCUT2D eigenvalue weighted by Gasteiger charge is 2.09. The molecule has 0 aliphatic carbocycles. The number of carbonyl (C=O) groups excluding carboxylic acids is 2. The van der Waals surface area contributed by atoms with Crippen LogP contribution < -0.4 is 20.1 Å². The van der Waals surface area contributed by atoms with E-state index in [2.05, 4.69) is 10.6 Å². The van der Waals surface area contributed by atoms with Crippen molar-refractivity contribution in [1.82, 2.24) is 0 Å². The summed E-state index contributed by atoms with van der Waals surface area (Å²) >= 11 is 0. The minimum atomic E-state index is -0.292. The van der Waals surface area contributed by atoms with Gasteiger partial charge in [0.15, 0.2) is 6.61 Å². The maximum absolute atomic E-state index is 12.4. The number of para-hydroxylation sites is 1. The Morgan fingerprint density at radius 3 is 2.34 bits per heavy atom. The van der Waals surface area contributed by atoms with E-state index < -0.39 is 0 Å². The van der Waals surface area contributed by atoms with Crippen molar-refractivity contribution in [3.63, 3.8) is 0 Å². The van der Waals surface area contributed by atoms with Crippen molar-refractivity contribution >= 4 is 23.2 Å². The van der Waals surface area contributed by atoms with Crippen molar-refractivity contribution in [1.29, 1.82) is 0 Å². The molecule has 0 unspecified atom stereocenters. The number of hydrogen-bond acceptors (Lipinski definition) is 4. The van der Waals surface area contributed by atoms with Crippen LogP contribution in [0.2, 0.25) is 0 Å². The van der Waals surface area contributed by atoms with Crippen LogP contribution in [0, 0.1) is 6.92 Å².